The molecule has 1 saturated heterocycles. The van der Waals surface area contributed by atoms with E-state index in [4.69, 9.17) is 4.74 Å². The summed E-state index contributed by atoms with van der Waals surface area (Å²) in [6, 6.07) is 30.0. The lowest BCUT2D eigenvalue weighted by Crippen LogP contribution is -2.45. The van der Waals surface area contributed by atoms with Gasteiger partial charge in [-0.2, -0.15) is 0 Å². The van der Waals surface area contributed by atoms with E-state index in [1.165, 1.54) is 5.56 Å². The predicted molar refractivity (Wildman–Crippen MR) is 111 cm³/mol. The number of rotatable bonds is 5. The van der Waals surface area contributed by atoms with Crippen LogP contribution >= 0.6 is 0 Å². The Labute approximate surface area is 166 Å². The molecule has 0 saturated carbocycles. The largest absolute Gasteiger partial charge is 0.450 e. The van der Waals surface area contributed by atoms with Crippen molar-refractivity contribution >= 4 is 5.97 Å². The van der Waals surface area contributed by atoms with E-state index in [-0.39, 0.29) is 5.97 Å². The van der Waals surface area contributed by atoms with Crippen LogP contribution in [-0.4, -0.2) is 24.0 Å². The van der Waals surface area contributed by atoms with Crippen molar-refractivity contribution in [2.75, 3.05) is 13.1 Å². The molecular formula is C25H25NO2. The van der Waals surface area contributed by atoms with E-state index in [0.29, 0.717) is 5.56 Å². The lowest BCUT2D eigenvalue weighted by Gasteiger charge is -2.41. The van der Waals surface area contributed by atoms with Gasteiger partial charge in [-0.3, -0.25) is 4.90 Å². The number of hydrogen-bond acceptors (Lipinski definition) is 3. The maximum absolute atomic E-state index is 12.8. The molecular weight excluding hydrogens is 346 g/mol. The molecule has 1 heterocycles. The summed E-state index contributed by atoms with van der Waals surface area (Å²) in [5.74, 6) is -0.249. The van der Waals surface area contributed by atoms with Crippen LogP contribution in [0.4, 0.5) is 0 Å². The summed E-state index contributed by atoms with van der Waals surface area (Å²) in [4.78, 5) is 15.3. The number of nitrogens with zero attached hydrogens (tertiary/aromatic N) is 1. The maximum Gasteiger partial charge on any atom is 0.339 e. The summed E-state index contributed by atoms with van der Waals surface area (Å²) < 4.78 is 6.18. The van der Waals surface area contributed by atoms with Crippen LogP contribution in [0, 0.1) is 0 Å². The van der Waals surface area contributed by atoms with E-state index >= 15 is 0 Å². The Morgan fingerprint density at radius 2 is 1.32 bits per heavy atom. The zero-order valence-electron chi connectivity index (χ0n) is 16.0. The van der Waals surface area contributed by atoms with Gasteiger partial charge in [-0.05, 0) is 23.3 Å². The average Bonchev–Trinajstić information content (AvgIpc) is 2.77. The first-order valence-electron chi connectivity index (χ1n) is 9.85. The molecule has 0 aliphatic carbocycles. The van der Waals surface area contributed by atoms with Gasteiger partial charge in [0.05, 0.1) is 5.56 Å². The van der Waals surface area contributed by atoms with Crippen molar-refractivity contribution < 1.29 is 9.53 Å². The second-order valence-corrected chi connectivity index (χ2v) is 7.38. The van der Waals surface area contributed by atoms with E-state index in [1.54, 1.807) is 0 Å². The van der Waals surface area contributed by atoms with E-state index in [2.05, 4.69) is 41.3 Å². The van der Waals surface area contributed by atoms with Gasteiger partial charge in [-0.1, -0.05) is 78.9 Å². The van der Waals surface area contributed by atoms with Gasteiger partial charge >= 0.3 is 5.97 Å². The van der Waals surface area contributed by atoms with Crippen LogP contribution in [0.2, 0.25) is 0 Å². The molecule has 1 aliphatic heterocycles. The normalized spacial score (nSPS) is 16.4. The van der Waals surface area contributed by atoms with Gasteiger partial charge in [-0.25, -0.2) is 4.79 Å². The summed E-state index contributed by atoms with van der Waals surface area (Å²) in [7, 11) is 0. The Morgan fingerprint density at radius 1 is 0.786 bits per heavy atom. The van der Waals surface area contributed by atoms with E-state index in [1.807, 2.05) is 54.6 Å². The lowest BCUT2D eigenvalue weighted by molar-refractivity contribution is -0.0566. The fourth-order valence-electron chi connectivity index (χ4n) is 3.92. The number of esters is 1. The van der Waals surface area contributed by atoms with Gasteiger partial charge in [0.2, 0.25) is 0 Å². The quantitative estimate of drug-likeness (QED) is 0.589. The molecule has 4 rings (SSSR count). The van der Waals surface area contributed by atoms with E-state index in [9.17, 15) is 4.79 Å². The number of carbonyl (C=O) groups is 1. The Balaban J connectivity index is 1.52. The molecule has 1 aliphatic rings. The predicted octanol–water partition coefficient (Wildman–Crippen LogP) is 5.03. The second kappa shape index (κ2) is 8.41. The van der Waals surface area contributed by atoms with Crippen LogP contribution in [0.5, 0.6) is 0 Å². The van der Waals surface area contributed by atoms with E-state index < -0.39 is 5.60 Å². The first kappa shape index (κ1) is 18.5. The molecule has 3 heteroatoms. The molecule has 3 aromatic carbocycles. The van der Waals surface area contributed by atoms with Crippen LogP contribution in [0.1, 0.15) is 34.3 Å². The number of piperidine rings is 1. The van der Waals surface area contributed by atoms with Crippen molar-refractivity contribution in [2.24, 2.45) is 0 Å². The molecule has 28 heavy (non-hydrogen) atoms. The van der Waals surface area contributed by atoms with Crippen LogP contribution < -0.4 is 0 Å². The highest BCUT2D eigenvalue weighted by Gasteiger charge is 2.40. The van der Waals surface area contributed by atoms with Gasteiger partial charge < -0.3 is 4.74 Å². The topological polar surface area (TPSA) is 29.5 Å². The third-order valence-electron chi connectivity index (χ3n) is 5.51. The highest BCUT2D eigenvalue weighted by atomic mass is 16.6. The Morgan fingerprint density at radius 3 is 1.93 bits per heavy atom. The lowest BCUT2D eigenvalue weighted by atomic mass is 9.84. The first-order valence-corrected chi connectivity index (χ1v) is 9.85. The summed E-state index contributed by atoms with van der Waals surface area (Å²) in [5.41, 5.74) is 2.43. The number of benzene rings is 3. The fraction of sp³-hybridized carbons (Fsp3) is 0.240. The van der Waals surface area contributed by atoms with Gasteiger partial charge in [-0.15, -0.1) is 0 Å². The summed E-state index contributed by atoms with van der Waals surface area (Å²) in [5, 5.41) is 0. The maximum atomic E-state index is 12.8. The third-order valence-corrected chi connectivity index (χ3v) is 5.51. The van der Waals surface area contributed by atoms with Crippen molar-refractivity contribution in [1.29, 1.82) is 0 Å². The SMILES string of the molecule is O=C(OC1(c2ccccc2)CCN(Cc2ccccc2)CC1)c1ccccc1. The average molecular weight is 371 g/mol. The summed E-state index contributed by atoms with van der Waals surface area (Å²) >= 11 is 0. The van der Waals surface area contributed by atoms with Gasteiger partial charge in [0.15, 0.2) is 0 Å². The van der Waals surface area contributed by atoms with Crippen LogP contribution in [0.15, 0.2) is 91.0 Å². The molecule has 0 N–H and O–H groups in total. The van der Waals surface area contributed by atoms with E-state index in [0.717, 1.165) is 38.0 Å². The molecule has 0 aromatic heterocycles. The molecule has 142 valence electrons. The minimum Gasteiger partial charge on any atom is -0.450 e. The van der Waals surface area contributed by atoms with Gasteiger partial charge in [0.25, 0.3) is 0 Å². The smallest absolute Gasteiger partial charge is 0.339 e. The van der Waals surface area contributed by atoms with Gasteiger partial charge in [0, 0.05) is 32.5 Å². The highest BCUT2D eigenvalue weighted by molar-refractivity contribution is 5.89. The summed E-state index contributed by atoms with van der Waals surface area (Å²) in [6.07, 6.45) is 1.59. The van der Waals surface area contributed by atoms with Crippen LogP contribution in [-0.2, 0) is 16.9 Å². The standard InChI is InChI=1S/C25H25NO2/c27-24(22-12-6-2-7-13-22)28-25(23-14-8-3-9-15-23)16-18-26(19-17-25)20-21-10-4-1-5-11-21/h1-15H,16-20H2. The molecule has 0 radical (unpaired) electrons. The number of likely N-dealkylation sites (tertiary alicyclic amines) is 1. The molecule has 1 fully saturated rings. The fourth-order valence-corrected chi connectivity index (χ4v) is 3.92. The van der Waals surface area contributed by atoms with Crippen molar-refractivity contribution in [1.82, 2.24) is 4.90 Å². The Hall–Kier alpha value is -2.91. The highest BCUT2D eigenvalue weighted by Crippen LogP contribution is 2.38. The van der Waals surface area contributed by atoms with Gasteiger partial charge in [0.1, 0.15) is 5.60 Å². The Bertz CT molecular complexity index is 886. The first-order chi connectivity index (χ1) is 13.8. The molecule has 3 nitrogen and oxygen atoms in total. The summed E-state index contributed by atoms with van der Waals surface area (Å²) in [6.45, 7) is 2.72. The number of carbonyl (C=O) groups excluding carboxylic acids is 1. The molecule has 0 atom stereocenters. The molecule has 0 bridgehead atoms. The van der Waals surface area contributed by atoms with Crippen LogP contribution in [0.25, 0.3) is 0 Å². The number of ether oxygens (including phenoxy) is 1. The monoisotopic (exact) mass is 371 g/mol. The zero-order chi connectivity index (χ0) is 19.2. The Kier molecular flexibility index (Phi) is 5.54. The van der Waals surface area contributed by atoms with Crippen molar-refractivity contribution in [2.45, 2.75) is 25.0 Å². The molecule has 0 amide bonds. The minimum atomic E-state index is -0.568. The van der Waals surface area contributed by atoms with Crippen molar-refractivity contribution in [3.05, 3.63) is 108 Å². The van der Waals surface area contributed by atoms with Crippen molar-refractivity contribution in [3.63, 3.8) is 0 Å². The van der Waals surface area contributed by atoms with Crippen molar-refractivity contribution in [3.8, 4) is 0 Å². The molecule has 0 spiro atoms. The van der Waals surface area contributed by atoms with Crippen LogP contribution in [0.3, 0.4) is 0 Å². The number of hydrogen-bond donors (Lipinski definition) is 0. The minimum absolute atomic E-state index is 0.249. The molecule has 3 aromatic rings. The zero-order valence-corrected chi connectivity index (χ0v) is 16.0. The third kappa shape index (κ3) is 4.15. The molecule has 0 unspecified atom stereocenters. The second-order valence-electron chi connectivity index (χ2n) is 7.38.